The lowest BCUT2D eigenvalue weighted by Gasteiger charge is -2.17. The van der Waals surface area contributed by atoms with E-state index in [0.717, 1.165) is 5.56 Å². The molecule has 0 aliphatic rings. The van der Waals surface area contributed by atoms with Crippen molar-refractivity contribution in [1.29, 1.82) is 0 Å². The van der Waals surface area contributed by atoms with E-state index in [9.17, 15) is 9.18 Å². The first-order valence-corrected chi connectivity index (χ1v) is 6.31. The number of carbonyl (C=O) groups excluding carboxylic acids is 1. The topological polar surface area (TPSA) is 58.6 Å². The number of benzene rings is 1. The Morgan fingerprint density at radius 2 is 2.11 bits per heavy atom. The Bertz CT molecular complexity index is 381. The van der Waals surface area contributed by atoms with Crippen molar-refractivity contribution in [2.45, 2.75) is 25.3 Å². The van der Waals surface area contributed by atoms with E-state index < -0.39 is 0 Å². The van der Waals surface area contributed by atoms with Gasteiger partial charge >= 0.3 is 5.97 Å². The summed E-state index contributed by atoms with van der Waals surface area (Å²) in [5.74, 6) is -0.565. The molecular weight excluding hydrogens is 249 g/mol. The highest BCUT2D eigenvalue weighted by Gasteiger charge is 2.14. The highest BCUT2D eigenvalue weighted by molar-refractivity contribution is 5.69. The van der Waals surface area contributed by atoms with Crippen LogP contribution in [-0.4, -0.2) is 37.4 Å². The summed E-state index contributed by atoms with van der Waals surface area (Å²) >= 11 is 0. The molecule has 0 saturated heterocycles. The van der Waals surface area contributed by atoms with Crippen LogP contribution in [0.5, 0.6) is 0 Å². The van der Waals surface area contributed by atoms with Crippen LogP contribution in [0, 0.1) is 5.82 Å². The molecule has 4 nitrogen and oxygen atoms in total. The van der Waals surface area contributed by atoms with Gasteiger partial charge in [0, 0.05) is 12.6 Å². The van der Waals surface area contributed by atoms with Gasteiger partial charge in [0.05, 0.1) is 13.5 Å². The van der Waals surface area contributed by atoms with E-state index in [2.05, 4.69) is 10.1 Å². The first kappa shape index (κ1) is 15.6. The Morgan fingerprint density at radius 3 is 2.68 bits per heavy atom. The summed E-state index contributed by atoms with van der Waals surface area (Å²) < 4.78 is 17.5. The lowest BCUT2D eigenvalue weighted by atomic mass is 10.0. The Kier molecular flexibility index (Phi) is 7.07. The Balaban J connectivity index is 2.56. The van der Waals surface area contributed by atoms with Crippen molar-refractivity contribution in [2.24, 2.45) is 0 Å². The zero-order valence-corrected chi connectivity index (χ0v) is 11.1. The Morgan fingerprint density at radius 1 is 1.42 bits per heavy atom. The van der Waals surface area contributed by atoms with E-state index in [0.29, 0.717) is 19.4 Å². The maximum Gasteiger partial charge on any atom is 0.307 e. The largest absolute Gasteiger partial charge is 0.469 e. The summed E-state index contributed by atoms with van der Waals surface area (Å²) in [5, 5.41) is 11.9. The van der Waals surface area contributed by atoms with Gasteiger partial charge in [-0.1, -0.05) is 12.1 Å². The van der Waals surface area contributed by atoms with Gasteiger partial charge in [0.25, 0.3) is 0 Å². The smallest absolute Gasteiger partial charge is 0.307 e. The van der Waals surface area contributed by atoms with Crippen molar-refractivity contribution in [2.75, 3.05) is 20.3 Å². The average Bonchev–Trinajstić information content (AvgIpc) is 2.41. The van der Waals surface area contributed by atoms with Crippen molar-refractivity contribution >= 4 is 5.97 Å². The minimum atomic E-state index is -0.288. The number of methoxy groups -OCH3 is 1. The highest BCUT2D eigenvalue weighted by atomic mass is 19.1. The average molecular weight is 269 g/mol. The molecule has 1 aromatic carbocycles. The van der Waals surface area contributed by atoms with Crippen LogP contribution in [-0.2, 0) is 16.0 Å². The molecule has 106 valence electrons. The molecule has 1 unspecified atom stereocenters. The van der Waals surface area contributed by atoms with Gasteiger partial charge in [0.15, 0.2) is 0 Å². The molecular formula is C14H20FNO3. The second-order valence-electron chi connectivity index (χ2n) is 4.34. The number of nitrogens with one attached hydrogen (secondary N) is 1. The summed E-state index contributed by atoms with van der Waals surface area (Å²) in [4.78, 5) is 11.3. The predicted molar refractivity (Wildman–Crippen MR) is 70.2 cm³/mol. The summed E-state index contributed by atoms with van der Waals surface area (Å²) in [7, 11) is 1.35. The summed E-state index contributed by atoms with van der Waals surface area (Å²) in [5.41, 5.74) is 0.951. The predicted octanol–water partition coefficient (Wildman–Crippen LogP) is 1.27. The third kappa shape index (κ3) is 6.31. The molecule has 0 aromatic heterocycles. The number of aliphatic hydroxyl groups excluding tert-OH is 1. The zero-order valence-electron chi connectivity index (χ0n) is 11.1. The van der Waals surface area contributed by atoms with Crippen LogP contribution in [0.25, 0.3) is 0 Å². The number of aliphatic hydroxyl groups is 1. The molecule has 0 spiro atoms. The van der Waals surface area contributed by atoms with E-state index in [1.807, 2.05) is 0 Å². The number of halogens is 1. The molecule has 1 aromatic rings. The molecule has 19 heavy (non-hydrogen) atoms. The van der Waals surface area contributed by atoms with Gasteiger partial charge in [-0.05, 0) is 37.1 Å². The van der Waals surface area contributed by atoms with Crippen LogP contribution in [0.2, 0.25) is 0 Å². The molecule has 0 amide bonds. The standard InChI is InChI=1S/C14H20FNO3/c1-19-14(18)10-13(16-7-2-8-17)9-11-3-5-12(15)6-4-11/h3-6,13,16-17H,2,7-10H2,1H3. The van der Waals surface area contributed by atoms with E-state index in [1.54, 1.807) is 12.1 Å². The quantitative estimate of drug-likeness (QED) is 0.551. The number of hydrogen-bond donors (Lipinski definition) is 2. The molecule has 0 aliphatic heterocycles. The SMILES string of the molecule is COC(=O)CC(Cc1ccc(F)cc1)NCCCO. The molecule has 5 heteroatoms. The Labute approximate surface area is 112 Å². The lowest BCUT2D eigenvalue weighted by molar-refractivity contribution is -0.141. The van der Waals surface area contributed by atoms with Crippen molar-refractivity contribution in [3.05, 3.63) is 35.6 Å². The van der Waals surface area contributed by atoms with E-state index >= 15 is 0 Å². The molecule has 1 rings (SSSR count). The maximum absolute atomic E-state index is 12.8. The summed E-state index contributed by atoms with van der Waals surface area (Å²) in [6, 6.07) is 6.13. The van der Waals surface area contributed by atoms with Crippen molar-refractivity contribution < 1.29 is 19.0 Å². The third-order valence-corrected chi connectivity index (χ3v) is 2.80. The third-order valence-electron chi connectivity index (χ3n) is 2.80. The number of hydrogen-bond acceptors (Lipinski definition) is 4. The van der Waals surface area contributed by atoms with Gasteiger partial charge in [-0.2, -0.15) is 0 Å². The molecule has 0 radical (unpaired) electrons. The van der Waals surface area contributed by atoms with Crippen molar-refractivity contribution in [3.63, 3.8) is 0 Å². The van der Waals surface area contributed by atoms with Gasteiger partial charge in [-0.15, -0.1) is 0 Å². The van der Waals surface area contributed by atoms with Crippen LogP contribution in [0.3, 0.4) is 0 Å². The minimum Gasteiger partial charge on any atom is -0.469 e. The number of rotatable bonds is 8. The van der Waals surface area contributed by atoms with Gasteiger partial charge < -0.3 is 15.2 Å². The molecule has 0 fully saturated rings. The van der Waals surface area contributed by atoms with Gasteiger partial charge in [-0.25, -0.2) is 4.39 Å². The number of ether oxygens (including phenoxy) is 1. The Hall–Kier alpha value is -1.46. The molecule has 0 bridgehead atoms. The maximum atomic E-state index is 12.8. The molecule has 2 N–H and O–H groups in total. The number of carbonyl (C=O) groups is 1. The zero-order chi connectivity index (χ0) is 14.1. The molecule has 0 aliphatic carbocycles. The van der Waals surface area contributed by atoms with E-state index in [-0.39, 0.29) is 30.9 Å². The van der Waals surface area contributed by atoms with Crippen LogP contribution in [0.4, 0.5) is 4.39 Å². The minimum absolute atomic E-state index is 0.0792. The fourth-order valence-electron chi connectivity index (χ4n) is 1.79. The van der Waals surface area contributed by atoms with Crippen LogP contribution in [0.15, 0.2) is 24.3 Å². The van der Waals surface area contributed by atoms with E-state index in [4.69, 9.17) is 5.11 Å². The van der Waals surface area contributed by atoms with Crippen LogP contribution >= 0.6 is 0 Å². The number of esters is 1. The lowest BCUT2D eigenvalue weighted by Crippen LogP contribution is -2.34. The summed E-state index contributed by atoms with van der Waals surface area (Å²) in [6.45, 7) is 0.730. The fraction of sp³-hybridized carbons (Fsp3) is 0.500. The second-order valence-corrected chi connectivity index (χ2v) is 4.34. The normalized spacial score (nSPS) is 12.2. The summed E-state index contributed by atoms with van der Waals surface area (Å²) in [6.07, 6.45) is 1.49. The molecule has 0 saturated carbocycles. The van der Waals surface area contributed by atoms with Crippen molar-refractivity contribution in [1.82, 2.24) is 5.32 Å². The second kappa shape index (κ2) is 8.61. The van der Waals surface area contributed by atoms with Gasteiger partial charge in [0.1, 0.15) is 5.82 Å². The van der Waals surface area contributed by atoms with E-state index in [1.165, 1.54) is 19.2 Å². The van der Waals surface area contributed by atoms with Crippen LogP contribution in [0.1, 0.15) is 18.4 Å². The molecule has 0 heterocycles. The fourth-order valence-corrected chi connectivity index (χ4v) is 1.79. The monoisotopic (exact) mass is 269 g/mol. The first-order valence-electron chi connectivity index (χ1n) is 6.31. The van der Waals surface area contributed by atoms with Gasteiger partial charge in [0.2, 0.25) is 0 Å². The van der Waals surface area contributed by atoms with Crippen molar-refractivity contribution in [3.8, 4) is 0 Å². The van der Waals surface area contributed by atoms with Gasteiger partial charge in [-0.3, -0.25) is 4.79 Å². The van der Waals surface area contributed by atoms with Crippen LogP contribution < -0.4 is 5.32 Å². The first-order chi connectivity index (χ1) is 9.15. The molecule has 1 atom stereocenters. The highest BCUT2D eigenvalue weighted by Crippen LogP contribution is 2.08.